The number of fused-ring (bicyclic) bond motifs is 1. The van der Waals surface area contributed by atoms with Crippen LogP contribution < -0.4 is 5.32 Å². The predicted molar refractivity (Wildman–Crippen MR) is 97.8 cm³/mol. The molecule has 0 saturated heterocycles. The number of benzene rings is 1. The Kier molecular flexibility index (Phi) is 3.78. The number of phenolic OH excluding ortho intramolecular Hbond substituents is 1. The van der Waals surface area contributed by atoms with Gasteiger partial charge in [-0.2, -0.15) is 0 Å². The van der Waals surface area contributed by atoms with Crippen molar-refractivity contribution in [1.82, 2.24) is 19.5 Å². The van der Waals surface area contributed by atoms with Gasteiger partial charge >= 0.3 is 0 Å². The van der Waals surface area contributed by atoms with Crippen molar-refractivity contribution in [3.8, 4) is 17.0 Å². The Morgan fingerprint density at radius 2 is 2.00 bits per heavy atom. The second kappa shape index (κ2) is 6.24. The summed E-state index contributed by atoms with van der Waals surface area (Å²) < 4.78 is 2.11. The van der Waals surface area contributed by atoms with E-state index in [0.717, 1.165) is 34.5 Å². The fourth-order valence-electron chi connectivity index (χ4n) is 2.85. The lowest BCUT2D eigenvalue weighted by Crippen LogP contribution is -1.97. The Balaban J connectivity index is 1.75. The number of rotatable bonds is 4. The zero-order valence-electron chi connectivity index (χ0n) is 13.7. The molecular formula is C19H17N5O. The van der Waals surface area contributed by atoms with Crippen LogP contribution in [0.3, 0.4) is 0 Å². The fraction of sp³-hybridized carbons (Fsp3) is 0.105. The highest BCUT2D eigenvalue weighted by Crippen LogP contribution is 2.29. The minimum atomic E-state index is 0.193. The van der Waals surface area contributed by atoms with E-state index in [2.05, 4.69) is 38.0 Å². The van der Waals surface area contributed by atoms with E-state index in [1.54, 1.807) is 30.6 Å². The first-order valence-corrected chi connectivity index (χ1v) is 8.08. The van der Waals surface area contributed by atoms with Gasteiger partial charge in [-0.05, 0) is 37.3 Å². The normalized spacial score (nSPS) is 10.9. The van der Waals surface area contributed by atoms with E-state index in [0.29, 0.717) is 5.95 Å². The summed E-state index contributed by atoms with van der Waals surface area (Å²) in [5.74, 6) is 0.669. The maximum absolute atomic E-state index is 9.58. The number of nitrogens with one attached hydrogen (secondary N) is 1. The Hall–Kier alpha value is -3.41. The molecule has 0 fully saturated rings. The summed E-state index contributed by atoms with van der Waals surface area (Å²) >= 11 is 0. The van der Waals surface area contributed by atoms with Gasteiger partial charge in [0.25, 0.3) is 0 Å². The summed E-state index contributed by atoms with van der Waals surface area (Å²) in [7, 11) is 0. The molecule has 0 radical (unpaired) electrons. The second-order valence-corrected chi connectivity index (χ2v) is 5.64. The third kappa shape index (κ3) is 2.89. The molecule has 0 aliphatic heterocycles. The number of phenols is 1. The average molecular weight is 331 g/mol. The first kappa shape index (κ1) is 15.1. The molecule has 4 aromatic rings. The molecule has 6 heteroatoms. The van der Waals surface area contributed by atoms with Crippen LogP contribution in [-0.4, -0.2) is 24.6 Å². The quantitative estimate of drug-likeness (QED) is 0.592. The van der Waals surface area contributed by atoms with Gasteiger partial charge in [0.15, 0.2) is 0 Å². The summed E-state index contributed by atoms with van der Waals surface area (Å²) in [4.78, 5) is 13.4. The van der Waals surface area contributed by atoms with Crippen LogP contribution >= 0.6 is 0 Å². The van der Waals surface area contributed by atoms with Crippen LogP contribution in [0.5, 0.6) is 5.75 Å². The first-order chi connectivity index (χ1) is 12.2. The van der Waals surface area contributed by atoms with Gasteiger partial charge in [0.05, 0.1) is 5.69 Å². The van der Waals surface area contributed by atoms with Gasteiger partial charge in [0, 0.05) is 47.8 Å². The summed E-state index contributed by atoms with van der Waals surface area (Å²) in [6.45, 7) is 2.93. The molecule has 124 valence electrons. The van der Waals surface area contributed by atoms with Gasteiger partial charge in [-0.3, -0.25) is 0 Å². The van der Waals surface area contributed by atoms with Crippen molar-refractivity contribution < 1.29 is 5.11 Å². The highest BCUT2D eigenvalue weighted by Gasteiger charge is 2.12. The van der Waals surface area contributed by atoms with Gasteiger partial charge in [-0.25, -0.2) is 15.0 Å². The number of hydrogen-bond acceptors (Lipinski definition) is 5. The number of aryl methyl sites for hydroxylation is 1. The van der Waals surface area contributed by atoms with Crippen LogP contribution in [0.15, 0.2) is 61.1 Å². The predicted octanol–water partition coefficient (Wildman–Crippen LogP) is 3.96. The minimum Gasteiger partial charge on any atom is -0.508 e. The van der Waals surface area contributed by atoms with Gasteiger partial charge < -0.3 is 15.0 Å². The molecule has 0 amide bonds. The zero-order valence-corrected chi connectivity index (χ0v) is 13.7. The van der Waals surface area contributed by atoms with Crippen molar-refractivity contribution in [3.63, 3.8) is 0 Å². The highest BCUT2D eigenvalue weighted by atomic mass is 16.3. The van der Waals surface area contributed by atoms with Crippen molar-refractivity contribution in [3.05, 3.63) is 61.1 Å². The molecule has 1 aromatic carbocycles. The average Bonchev–Trinajstić information content (AvgIpc) is 3.01. The summed E-state index contributed by atoms with van der Waals surface area (Å²) in [5, 5.41) is 13.8. The van der Waals surface area contributed by atoms with Gasteiger partial charge in [0.1, 0.15) is 11.4 Å². The van der Waals surface area contributed by atoms with Crippen molar-refractivity contribution in [2.45, 2.75) is 13.5 Å². The fourth-order valence-corrected chi connectivity index (χ4v) is 2.85. The van der Waals surface area contributed by atoms with Crippen LogP contribution in [-0.2, 0) is 6.54 Å². The van der Waals surface area contributed by atoms with Gasteiger partial charge in [-0.15, -0.1) is 0 Å². The molecule has 0 aliphatic carbocycles. The van der Waals surface area contributed by atoms with E-state index in [9.17, 15) is 5.11 Å². The monoisotopic (exact) mass is 331 g/mol. The summed E-state index contributed by atoms with van der Waals surface area (Å²) in [5.41, 5.74) is 3.52. The van der Waals surface area contributed by atoms with Crippen molar-refractivity contribution in [2.24, 2.45) is 0 Å². The third-order valence-electron chi connectivity index (χ3n) is 4.01. The van der Waals surface area contributed by atoms with E-state index in [1.807, 2.05) is 24.3 Å². The highest BCUT2D eigenvalue weighted by molar-refractivity contribution is 5.93. The van der Waals surface area contributed by atoms with Crippen LogP contribution in [0, 0.1) is 0 Å². The van der Waals surface area contributed by atoms with E-state index in [-0.39, 0.29) is 5.75 Å². The minimum absolute atomic E-state index is 0.193. The SMILES string of the molecule is CCn1cc(-c2ccnc(Nc3cccc(O)c3)n2)c2cccnc21. The van der Waals surface area contributed by atoms with Gasteiger partial charge in [0.2, 0.25) is 5.95 Å². The van der Waals surface area contributed by atoms with Crippen LogP contribution in [0.2, 0.25) is 0 Å². The molecule has 0 unspecified atom stereocenters. The molecule has 0 atom stereocenters. The molecule has 0 saturated carbocycles. The largest absolute Gasteiger partial charge is 0.508 e. The van der Waals surface area contributed by atoms with E-state index in [1.165, 1.54) is 0 Å². The van der Waals surface area contributed by atoms with Crippen molar-refractivity contribution in [2.75, 3.05) is 5.32 Å². The standard InChI is InChI=1S/C19H17N5O/c1-2-24-12-16(15-7-4-9-20-18(15)24)17-8-10-21-19(23-17)22-13-5-3-6-14(25)11-13/h3-12,25H,2H2,1H3,(H,21,22,23). The van der Waals surface area contributed by atoms with Crippen LogP contribution in [0.25, 0.3) is 22.3 Å². The lowest BCUT2D eigenvalue weighted by molar-refractivity contribution is 0.475. The molecule has 2 N–H and O–H groups in total. The Morgan fingerprint density at radius 3 is 2.84 bits per heavy atom. The molecule has 3 heterocycles. The third-order valence-corrected chi connectivity index (χ3v) is 4.01. The number of aromatic hydroxyl groups is 1. The zero-order chi connectivity index (χ0) is 17.2. The Labute approximate surface area is 144 Å². The molecule has 0 spiro atoms. The Morgan fingerprint density at radius 1 is 1.08 bits per heavy atom. The molecule has 4 rings (SSSR count). The molecule has 3 aromatic heterocycles. The van der Waals surface area contributed by atoms with E-state index < -0.39 is 0 Å². The summed E-state index contributed by atoms with van der Waals surface area (Å²) in [6, 6.07) is 12.7. The van der Waals surface area contributed by atoms with Crippen molar-refractivity contribution >= 4 is 22.7 Å². The Bertz CT molecular complexity index is 1040. The van der Waals surface area contributed by atoms with Crippen LogP contribution in [0.1, 0.15) is 6.92 Å². The lowest BCUT2D eigenvalue weighted by atomic mass is 10.1. The van der Waals surface area contributed by atoms with Gasteiger partial charge in [-0.1, -0.05) is 6.07 Å². The second-order valence-electron chi connectivity index (χ2n) is 5.64. The summed E-state index contributed by atoms with van der Waals surface area (Å²) in [6.07, 6.45) is 5.59. The maximum atomic E-state index is 9.58. The van der Waals surface area contributed by atoms with Crippen molar-refractivity contribution in [1.29, 1.82) is 0 Å². The number of nitrogens with zero attached hydrogens (tertiary/aromatic N) is 4. The molecule has 6 nitrogen and oxygen atoms in total. The van der Waals surface area contributed by atoms with Crippen LogP contribution in [0.4, 0.5) is 11.6 Å². The topological polar surface area (TPSA) is 75.9 Å². The van der Waals surface area contributed by atoms with E-state index >= 15 is 0 Å². The molecule has 0 aliphatic rings. The number of anilines is 2. The lowest BCUT2D eigenvalue weighted by Gasteiger charge is -2.06. The van der Waals surface area contributed by atoms with E-state index in [4.69, 9.17) is 0 Å². The smallest absolute Gasteiger partial charge is 0.227 e. The number of aromatic nitrogens is 4. The number of hydrogen-bond donors (Lipinski definition) is 2. The molecular weight excluding hydrogens is 314 g/mol. The maximum Gasteiger partial charge on any atom is 0.227 e. The number of pyridine rings is 1. The first-order valence-electron chi connectivity index (χ1n) is 8.08. The molecule has 25 heavy (non-hydrogen) atoms. The molecule has 0 bridgehead atoms.